The Labute approximate surface area is 173 Å². The van der Waals surface area contributed by atoms with Crippen molar-refractivity contribution in [3.8, 4) is 0 Å². The molecule has 2 unspecified atom stereocenters. The summed E-state index contributed by atoms with van der Waals surface area (Å²) >= 11 is 0. The van der Waals surface area contributed by atoms with E-state index in [-0.39, 0.29) is 29.1 Å². The van der Waals surface area contributed by atoms with Gasteiger partial charge in [0.25, 0.3) is 5.56 Å². The lowest BCUT2D eigenvalue weighted by molar-refractivity contribution is -0.0394. The minimum absolute atomic E-state index is 0.0828. The van der Waals surface area contributed by atoms with Gasteiger partial charge in [0.05, 0.1) is 12.9 Å². The van der Waals surface area contributed by atoms with Crippen molar-refractivity contribution < 1.29 is 46.4 Å². The maximum atomic E-state index is 11.9. The lowest BCUT2D eigenvalue weighted by Gasteiger charge is -2.52. The second kappa shape index (κ2) is 7.85. The van der Waals surface area contributed by atoms with Gasteiger partial charge in [-0.3, -0.25) is 14.3 Å². The molecule has 19 heteroatoms. The molecule has 3 rings (SSSR count). The Kier molecular flexibility index (Phi) is 6.13. The molecule has 16 nitrogen and oxygen atoms in total. The van der Waals surface area contributed by atoms with E-state index in [1.54, 1.807) is 4.57 Å². The van der Waals surface area contributed by atoms with Crippen LogP contribution in [0, 0.1) is 11.3 Å². The highest BCUT2D eigenvalue weighted by Crippen LogP contribution is 2.67. The first-order chi connectivity index (χ1) is 14.0. The summed E-state index contributed by atoms with van der Waals surface area (Å²) in [5.41, 5.74) is 4.89. The number of phosphoric acid groups is 3. The van der Waals surface area contributed by atoms with Crippen LogP contribution in [0.15, 0.2) is 11.1 Å². The van der Waals surface area contributed by atoms with Gasteiger partial charge in [0.2, 0.25) is 5.95 Å². The Bertz CT molecular complexity index is 1200. The minimum Gasteiger partial charge on any atom is -0.369 e. The quantitative estimate of drug-likeness (QED) is 0.270. The minimum atomic E-state index is -5.57. The number of anilines is 1. The number of aromatic nitrogens is 4. The number of H-pyrrole nitrogens is 1. The molecular weight excluding hydrogens is 483 g/mol. The number of fused-ring (bicyclic) bond motifs is 1. The highest BCUT2D eigenvalue weighted by Gasteiger charge is 2.51. The van der Waals surface area contributed by atoms with Crippen LogP contribution in [0.1, 0.15) is 26.3 Å². The molecule has 2 aromatic heterocycles. The van der Waals surface area contributed by atoms with Gasteiger partial charge >= 0.3 is 23.5 Å². The molecule has 2 heterocycles. The monoisotopic (exact) mass is 503 g/mol. The van der Waals surface area contributed by atoms with Gasteiger partial charge in [0.15, 0.2) is 11.2 Å². The molecular formula is C12H20N5O11P3. The molecule has 0 spiro atoms. The second-order valence-corrected chi connectivity index (χ2v) is 11.9. The van der Waals surface area contributed by atoms with Gasteiger partial charge in [-0.25, -0.2) is 18.7 Å². The van der Waals surface area contributed by atoms with Gasteiger partial charge in [-0.2, -0.15) is 13.6 Å². The third kappa shape index (κ3) is 5.32. The van der Waals surface area contributed by atoms with Crippen molar-refractivity contribution in [2.24, 2.45) is 11.3 Å². The molecule has 0 aromatic carbocycles. The maximum absolute atomic E-state index is 11.9. The van der Waals surface area contributed by atoms with E-state index in [2.05, 4.69) is 23.6 Å². The Hall–Kier alpha value is -1.44. The zero-order valence-electron chi connectivity index (χ0n) is 16.1. The molecule has 0 bridgehead atoms. The summed E-state index contributed by atoms with van der Waals surface area (Å²) in [6.45, 7) is 3.24. The number of nitrogens with two attached hydrogens (primary N) is 1. The predicted octanol–water partition coefficient (Wildman–Crippen LogP) is 0.632. The molecule has 1 saturated carbocycles. The van der Waals surface area contributed by atoms with Crippen LogP contribution < -0.4 is 11.3 Å². The molecule has 0 amide bonds. The number of nitrogens with one attached hydrogen (secondary N) is 1. The number of nitrogen functional groups attached to an aromatic ring is 1. The maximum Gasteiger partial charge on any atom is 0.490 e. The average molecular weight is 503 g/mol. The summed E-state index contributed by atoms with van der Waals surface area (Å²) in [6.07, 6.45) is 1.82. The summed E-state index contributed by atoms with van der Waals surface area (Å²) in [5.74, 6) is -0.431. The molecule has 174 valence electrons. The number of phosphoric ester groups is 1. The van der Waals surface area contributed by atoms with Gasteiger partial charge in [0.1, 0.15) is 0 Å². The first kappa shape index (κ1) is 24.2. The Morgan fingerprint density at radius 3 is 2.45 bits per heavy atom. The van der Waals surface area contributed by atoms with Crippen molar-refractivity contribution >= 4 is 40.6 Å². The topological polar surface area (TPSA) is 249 Å². The zero-order valence-corrected chi connectivity index (χ0v) is 18.7. The first-order valence-electron chi connectivity index (χ1n) is 8.51. The first-order valence-corrected chi connectivity index (χ1v) is 13.0. The zero-order chi connectivity index (χ0) is 23.4. The standard InChI is InChI=1S/C12H20N5O11P3/c1-12(2)6(4-26-30(22,23)28-31(24,25)27-29(19,20)21)3-7(12)17-5-14-8-9(17)15-11(13)16-10(8)18/h5-7H,3-4H2,1-2H3,(H,22,23)(H,24,25)(H2,19,20,21)(H3,13,15,16,18)/t6-,7-/m0/s1. The van der Waals surface area contributed by atoms with Crippen molar-refractivity contribution in [2.45, 2.75) is 26.3 Å². The van der Waals surface area contributed by atoms with Crippen molar-refractivity contribution in [3.63, 3.8) is 0 Å². The summed E-state index contributed by atoms with van der Waals surface area (Å²) in [4.78, 5) is 58.3. The molecule has 1 aliphatic carbocycles. The fourth-order valence-electron chi connectivity index (χ4n) is 3.40. The normalized spacial score (nSPS) is 25.0. The summed E-state index contributed by atoms with van der Waals surface area (Å²) < 4.78 is 47.7. The van der Waals surface area contributed by atoms with Crippen molar-refractivity contribution in [2.75, 3.05) is 12.3 Å². The van der Waals surface area contributed by atoms with Crippen LogP contribution >= 0.6 is 23.5 Å². The van der Waals surface area contributed by atoms with E-state index in [9.17, 15) is 28.3 Å². The number of hydrogen-bond donors (Lipinski definition) is 6. The molecule has 31 heavy (non-hydrogen) atoms. The fourth-order valence-corrected chi connectivity index (χ4v) is 6.46. The van der Waals surface area contributed by atoms with E-state index in [0.29, 0.717) is 6.42 Å². The molecule has 1 aliphatic rings. The van der Waals surface area contributed by atoms with Crippen LogP contribution in [0.5, 0.6) is 0 Å². The van der Waals surface area contributed by atoms with E-state index < -0.39 is 41.0 Å². The Morgan fingerprint density at radius 1 is 1.23 bits per heavy atom. The van der Waals surface area contributed by atoms with Crippen LogP contribution in [0.25, 0.3) is 11.2 Å². The largest absolute Gasteiger partial charge is 0.490 e. The molecule has 4 atom stereocenters. The van der Waals surface area contributed by atoms with E-state index in [4.69, 9.17) is 20.0 Å². The molecule has 0 radical (unpaired) electrons. The lowest BCUT2D eigenvalue weighted by Crippen LogP contribution is -2.47. The Morgan fingerprint density at radius 2 is 1.87 bits per heavy atom. The number of aromatic amines is 1. The van der Waals surface area contributed by atoms with Gasteiger partial charge < -0.3 is 29.9 Å². The number of hydrogen-bond acceptors (Lipinski definition) is 10. The number of imidazole rings is 1. The van der Waals surface area contributed by atoms with Gasteiger partial charge in [0, 0.05) is 6.04 Å². The Balaban J connectivity index is 1.68. The van der Waals surface area contributed by atoms with Crippen LogP contribution in [0.4, 0.5) is 5.95 Å². The van der Waals surface area contributed by atoms with E-state index >= 15 is 0 Å². The summed E-state index contributed by atoms with van der Waals surface area (Å²) in [7, 11) is -16.2. The fraction of sp³-hybridized carbons (Fsp3) is 0.583. The highest BCUT2D eigenvalue weighted by atomic mass is 31.3. The van der Waals surface area contributed by atoms with E-state index in [1.807, 2.05) is 13.8 Å². The lowest BCUT2D eigenvalue weighted by atomic mass is 9.59. The van der Waals surface area contributed by atoms with Crippen LogP contribution in [0.2, 0.25) is 0 Å². The third-order valence-electron chi connectivity index (χ3n) is 5.06. The van der Waals surface area contributed by atoms with E-state index in [1.165, 1.54) is 6.33 Å². The van der Waals surface area contributed by atoms with Crippen LogP contribution in [-0.2, 0) is 26.8 Å². The SMILES string of the molecule is CC1(C)[C@H](COP(=O)(O)OP(=O)(O)OP(=O)(O)O)C[C@@H]1n1cnc2c(=O)[nH]c(N)nc21. The van der Waals surface area contributed by atoms with Crippen LogP contribution in [0.3, 0.4) is 0 Å². The van der Waals surface area contributed by atoms with Crippen molar-refractivity contribution in [1.82, 2.24) is 19.5 Å². The van der Waals surface area contributed by atoms with Gasteiger partial charge in [-0.15, -0.1) is 0 Å². The van der Waals surface area contributed by atoms with Gasteiger partial charge in [-0.1, -0.05) is 13.8 Å². The summed E-state index contributed by atoms with van der Waals surface area (Å²) in [6, 6.07) is -0.235. The van der Waals surface area contributed by atoms with Gasteiger partial charge in [-0.05, 0) is 17.8 Å². The van der Waals surface area contributed by atoms with Crippen molar-refractivity contribution in [3.05, 3.63) is 16.7 Å². The highest BCUT2D eigenvalue weighted by molar-refractivity contribution is 7.66. The van der Waals surface area contributed by atoms with Crippen LogP contribution in [-0.4, -0.2) is 45.7 Å². The molecule has 0 aliphatic heterocycles. The third-order valence-corrected chi connectivity index (χ3v) is 8.86. The predicted molar refractivity (Wildman–Crippen MR) is 103 cm³/mol. The average Bonchev–Trinajstić information content (AvgIpc) is 2.93. The smallest absolute Gasteiger partial charge is 0.369 e. The molecule has 7 N–H and O–H groups in total. The molecule has 2 aromatic rings. The van der Waals surface area contributed by atoms with E-state index in [0.717, 1.165) is 0 Å². The summed E-state index contributed by atoms with van der Waals surface area (Å²) in [5, 5.41) is 0. The molecule has 1 fully saturated rings. The number of rotatable bonds is 8. The molecule has 0 saturated heterocycles. The van der Waals surface area contributed by atoms with Crippen molar-refractivity contribution in [1.29, 1.82) is 0 Å². The second-order valence-electron chi connectivity index (χ2n) is 7.43. The number of nitrogens with zero attached hydrogens (tertiary/aromatic N) is 3.